The number of aromatic nitrogens is 2. The van der Waals surface area contributed by atoms with Crippen molar-refractivity contribution in [3.05, 3.63) is 11.9 Å². The molecular weight excluding hydrogens is 321 g/mol. The van der Waals surface area contributed by atoms with Crippen LogP contribution < -0.4 is 0 Å². The molecule has 1 heterocycles. The Morgan fingerprint density at radius 1 is 1.45 bits per heavy atom. The molecule has 1 rings (SSSR count). The van der Waals surface area contributed by atoms with E-state index in [9.17, 15) is 21.6 Å². The molecule has 0 aliphatic rings. The standard InChI is InChI=1S/C10H14ClF3N2O3S/c1-7(2)4-19-5-8-9(20(11,17)18)3-16(15-8)6-10(12,13)14/h3,7H,4-6H2,1-2H3. The van der Waals surface area contributed by atoms with E-state index in [0.29, 0.717) is 11.3 Å². The van der Waals surface area contributed by atoms with Crippen LogP contribution in [0, 0.1) is 5.92 Å². The molecule has 0 saturated carbocycles. The minimum atomic E-state index is -4.50. The fourth-order valence-electron chi connectivity index (χ4n) is 1.40. The first kappa shape index (κ1) is 17.3. The van der Waals surface area contributed by atoms with Crippen molar-refractivity contribution in [2.24, 2.45) is 5.92 Å². The highest BCUT2D eigenvalue weighted by molar-refractivity contribution is 8.13. The highest BCUT2D eigenvalue weighted by atomic mass is 35.7. The van der Waals surface area contributed by atoms with Crippen LogP contribution in [0.25, 0.3) is 0 Å². The third kappa shape index (κ3) is 5.68. The molecule has 116 valence electrons. The SMILES string of the molecule is CC(C)COCc1nn(CC(F)(F)F)cc1S(=O)(=O)Cl. The van der Waals surface area contributed by atoms with E-state index in [-0.39, 0.29) is 18.2 Å². The van der Waals surface area contributed by atoms with Gasteiger partial charge in [-0.2, -0.15) is 18.3 Å². The van der Waals surface area contributed by atoms with Crippen LogP contribution in [0.4, 0.5) is 13.2 Å². The number of hydrogen-bond donors (Lipinski definition) is 0. The zero-order valence-corrected chi connectivity index (χ0v) is 12.4. The maximum atomic E-state index is 12.3. The third-order valence-corrected chi connectivity index (χ3v) is 3.46. The third-order valence-electron chi connectivity index (χ3n) is 2.09. The molecule has 0 amide bonds. The van der Waals surface area contributed by atoms with E-state index in [2.05, 4.69) is 5.10 Å². The van der Waals surface area contributed by atoms with Gasteiger partial charge < -0.3 is 4.74 Å². The molecule has 0 unspecified atom stereocenters. The van der Waals surface area contributed by atoms with Crippen LogP contribution in [0.2, 0.25) is 0 Å². The van der Waals surface area contributed by atoms with Crippen LogP contribution in [0.1, 0.15) is 19.5 Å². The predicted molar refractivity (Wildman–Crippen MR) is 65.8 cm³/mol. The molecule has 1 aromatic heterocycles. The lowest BCUT2D eigenvalue weighted by molar-refractivity contribution is -0.142. The summed E-state index contributed by atoms with van der Waals surface area (Å²) in [7, 11) is 0.994. The molecule has 0 bridgehead atoms. The second-order valence-corrected chi connectivity index (χ2v) is 7.13. The van der Waals surface area contributed by atoms with Gasteiger partial charge in [-0.15, -0.1) is 0 Å². The maximum absolute atomic E-state index is 12.3. The number of rotatable bonds is 6. The number of nitrogens with zero attached hydrogens (tertiary/aromatic N) is 2. The molecular formula is C10H14ClF3N2O3S. The van der Waals surface area contributed by atoms with Gasteiger partial charge in [-0.1, -0.05) is 13.8 Å². The molecule has 0 spiro atoms. The largest absolute Gasteiger partial charge is 0.408 e. The van der Waals surface area contributed by atoms with E-state index < -0.39 is 26.7 Å². The first-order valence-corrected chi connectivity index (χ1v) is 7.95. The summed E-state index contributed by atoms with van der Waals surface area (Å²) in [5.41, 5.74) is -0.134. The van der Waals surface area contributed by atoms with Gasteiger partial charge in [0.15, 0.2) is 0 Å². The van der Waals surface area contributed by atoms with E-state index in [4.69, 9.17) is 15.4 Å². The van der Waals surface area contributed by atoms with Gasteiger partial charge in [0, 0.05) is 23.5 Å². The highest BCUT2D eigenvalue weighted by Gasteiger charge is 2.30. The van der Waals surface area contributed by atoms with Gasteiger partial charge in [-0.05, 0) is 5.92 Å². The van der Waals surface area contributed by atoms with E-state index in [1.165, 1.54) is 0 Å². The van der Waals surface area contributed by atoms with Gasteiger partial charge in [0.05, 0.1) is 6.61 Å². The van der Waals surface area contributed by atoms with Crippen LogP contribution >= 0.6 is 10.7 Å². The number of halogens is 4. The van der Waals surface area contributed by atoms with Crippen molar-refractivity contribution in [2.75, 3.05) is 6.61 Å². The van der Waals surface area contributed by atoms with Gasteiger partial charge in [-0.3, -0.25) is 4.68 Å². The molecule has 0 aromatic carbocycles. The van der Waals surface area contributed by atoms with Crippen molar-refractivity contribution in [3.8, 4) is 0 Å². The summed E-state index contributed by atoms with van der Waals surface area (Å²) >= 11 is 0. The van der Waals surface area contributed by atoms with E-state index in [0.717, 1.165) is 6.20 Å². The number of hydrogen-bond acceptors (Lipinski definition) is 4. The number of ether oxygens (including phenoxy) is 1. The van der Waals surface area contributed by atoms with Gasteiger partial charge in [-0.25, -0.2) is 8.42 Å². The molecule has 0 aliphatic carbocycles. The average Bonchev–Trinajstić information content (AvgIpc) is 2.57. The average molecular weight is 335 g/mol. The Morgan fingerprint density at radius 3 is 2.50 bits per heavy atom. The Balaban J connectivity index is 2.96. The summed E-state index contributed by atoms with van der Waals surface area (Å²) < 4.78 is 65.1. The van der Waals surface area contributed by atoms with Crippen LogP contribution in [-0.2, 0) is 26.9 Å². The zero-order chi connectivity index (χ0) is 15.6. The van der Waals surface area contributed by atoms with Crippen LogP contribution in [0.5, 0.6) is 0 Å². The summed E-state index contributed by atoms with van der Waals surface area (Å²) in [6, 6.07) is 0. The van der Waals surface area contributed by atoms with Crippen molar-refractivity contribution < 1.29 is 26.3 Å². The molecule has 10 heteroatoms. The molecule has 1 aromatic rings. The Hall–Kier alpha value is -0.800. The molecule has 0 fully saturated rings. The van der Waals surface area contributed by atoms with Crippen molar-refractivity contribution in [1.29, 1.82) is 0 Å². The predicted octanol–water partition coefficient (Wildman–Crippen LogP) is 2.55. The van der Waals surface area contributed by atoms with Gasteiger partial charge in [0.25, 0.3) is 9.05 Å². The van der Waals surface area contributed by atoms with Crippen molar-refractivity contribution in [1.82, 2.24) is 9.78 Å². The molecule has 0 aliphatic heterocycles. The normalized spacial score (nSPS) is 13.2. The fourth-order valence-corrected chi connectivity index (χ4v) is 2.42. The fraction of sp³-hybridized carbons (Fsp3) is 0.700. The van der Waals surface area contributed by atoms with Crippen LogP contribution in [0.3, 0.4) is 0 Å². The quantitative estimate of drug-likeness (QED) is 0.750. The number of alkyl halides is 3. The van der Waals surface area contributed by atoms with Gasteiger partial charge in [0.1, 0.15) is 17.1 Å². The Morgan fingerprint density at radius 2 is 2.05 bits per heavy atom. The summed E-state index contributed by atoms with van der Waals surface area (Å²) in [4.78, 5) is -0.466. The molecule has 5 nitrogen and oxygen atoms in total. The van der Waals surface area contributed by atoms with Crippen LogP contribution in [0.15, 0.2) is 11.1 Å². The summed E-state index contributed by atoms with van der Waals surface area (Å²) in [5.74, 6) is 0.198. The molecule has 20 heavy (non-hydrogen) atoms. The van der Waals surface area contributed by atoms with Crippen molar-refractivity contribution in [2.45, 2.75) is 38.1 Å². The Kier molecular flexibility index (Phi) is 5.45. The molecule has 0 N–H and O–H groups in total. The molecule has 0 atom stereocenters. The lowest BCUT2D eigenvalue weighted by Crippen LogP contribution is -2.18. The minimum Gasteiger partial charge on any atom is -0.375 e. The Bertz CT molecular complexity index is 555. The summed E-state index contributed by atoms with van der Waals surface area (Å²) in [6.45, 7) is 2.47. The first-order valence-electron chi connectivity index (χ1n) is 5.64. The van der Waals surface area contributed by atoms with E-state index in [1.807, 2.05) is 13.8 Å². The highest BCUT2D eigenvalue weighted by Crippen LogP contribution is 2.23. The van der Waals surface area contributed by atoms with Crippen LogP contribution in [-0.4, -0.2) is 31.0 Å². The summed E-state index contributed by atoms with van der Waals surface area (Å²) in [5, 5.41) is 3.57. The lowest BCUT2D eigenvalue weighted by atomic mass is 10.2. The maximum Gasteiger partial charge on any atom is 0.408 e. The smallest absolute Gasteiger partial charge is 0.375 e. The van der Waals surface area contributed by atoms with E-state index >= 15 is 0 Å². The van der Waals surface area contributed by atoms with E-state index in [1.54, 1.807) is 0 Å². The second kappa shape index (κ2) is 6.31. The topological polar surface area (TPSA) is 61.2 Å². The molecule has 0 saturated heterocycles. The van der Waals surface area contributed by atoms with Gasteiger partial charge >= 0.3 is 6.18 Å². The molecule has 0 radical (unpaired) electrons. The Labute approximate surface area is 119 Å². The van der Waals surface area contributed by atoms with Crippen molar-refractivity contribution in [3.63, 3.8) is 0 Å². The zero-order valence-electron chi connectivity index (χ0n) is 10.8. The lowest BCUT2D eigenvalue weighted by Gasteiger charge is -2.06. The van der Waals surface area contributed by atoms with Gasteiger partial charge in [0.2, 0.25) is 0 Å². The van der Waals surface area contributed by atoms with Crippen molar-refractivity contribution >= 4 is 19.7 Å². The minimum absolute atomic E-state index is 0.134. The first-order chi connectivity index (χ1) is 8.99. The monoisotopic (exact) mass is 334 g/mol. The second-order valence-electron chi connectivity index (χ2n) is 4.60. The summed E-state index contributed by atoms with van der Waals surface area (Å²) in [6.07, 6.45) is -3.75.